The largest absolute Gasteiger partial charge is 0.395 e. The van der Waals surface area contributed by atoms with Crippen LogP contribution in [0.1, 0.15) is 30.5 Å². The van der Waals surface area contributed by atoms with Crippen LogP contribution in [0.5, 0.6) is 0 Å². The molecule has 118 valence electrons. The predicted molar refractivity (Wildman–Crippen MR) is 81.7 cm³/mol. The van der Waals surface area contributed by atoms with Crippen LogP contribution in [0.2, 0.25) is 0 Å². The number of aliphatic hydroxyl groups is 1. The van der Waals surface area contributed by atoms with E-state index < -0.39 is 0 Å². The summed E-state index contributed by atoms with van der Waals surface area (Å²) in [5.41, 5.74) is 1.04. The minimum Gasteiger partial charge on any atom is -0.395 e. The number of rotatable bonds is 6. The fourth-order valence-corrected chi connectivity index (χ4v) is 2.67. The molecule has 6 nitrogen and oxygen atoms in total. The fraction of sp³-hybridized carbons (Fsp3) is 0.500. The summed E-state index contributed by atoms with van der Waals surface area (Å²) < 4.78 is 10.8. The molecule has 1 aliphatic heterocycles. The molecule has 1 aromatic heterocycles. The summed E-state index contributed by atoms with van der Waals surface area (Å²) in [6.07, 6.45) is 1.86. The standard InChI is InChI=1S/C16H21N3O3/c20-9-8-19(14-4-2-1-3-5-14)12-15-17-16(22-18-15)13-6-10-21-11-7-13/h1-5,13,20H,6-12H2. The first-order valence-electron chi connectivity index (χ1n) is 7.68. The van der Waals surface area contributed by atoms with Crippen molar-refractivity contribution in [3.8, 4) is 0 Å². The number of aromatic nitrogens is 2. The second kappa shape index (κ2) is 7.38. The second-order valence-electron chi connectivity index (χ2n) is 5.42. The van der Waals surface area contributed by atoms with Crippen LogP contribution in [0.3, 0.4) is 0 Å². The maximum Gasteiger partial charge on any atom is 0.229 e. The molecule has 1 aliphatic rings. The zero-order valence-electron chi connectivity index (χ0n) is 12.5. The van der Waals surface area contributed by atoms with Gasteiger partial charge in [0.1, 0.15) is 0 Å². The molecule has 1 N–H and O–H groups in total. The summed E-state index contributed by atoms with van der Waals surface area (Å²) >= 11 is 0. The van der Waals surface area contributed by atoms with E-state index in [4.69, 9.17) is 9.26 Å². The first-order valence-corrected chi connectivity index (χ1v) is 7.68. The summed E-state index contributed by atoms with van der Waals surface area (Å²) in [6.45, 7) is 2.65. The summed E-state index contributed by atoms with van der Waals surface area (Å²) in [5.74, 6) is 1.66. The van der Waals surface area contributed by atoms with Crippen molar-refractivity contribution in [2.75, 3.05) is 31.3 Å². The molecule has 0 amide bonds. The molecule has 6 heteroatoms. The SMILES string of the molecule is OCCN(Cc1noc(C2CCOCC2)n1)c1ccccc1. The number of anilines is 1. The normalized spacial score (nSPS) is 15.9. The molecule has 2 heterocycles. The molecule has 0 saturated carbocycles. The van der Waals surface area contributed by atoms with Gasteiger partial charge in [-0.25, -0.2) is 0 Å². The lowest BCUT2D eigenvalue weighted by Gasteiger charge is -2.22. The van der Waals surface area contributed by atoms with Crippen LogP contribution < -0.4 is 4.90 Å². The maximum atomic E-state index is 9.27. The Labute approximate surface area is 129 Å². The fourth-order valence-electron chi connectivity index (χ4n) is 2.67. The van der Waals surface area contributed by atoms with Crippen LogP contribution in [-0.4, -0.2) is 41.6 Å². The van der Waals surface area contributed by atoms with Gasteiger partial charge < -0.3 is 19.3 Å². The van der Waals surface area contributed by atoms with Gasteiger partial charge in [-0.3, -0.25) is 0 Å². The quantitative estimate of drug-likeness (QED) is 0.879. The van der Waals surface area contributed by atoms with Gasteiger partial charge in [-0.15, -0.1) is 0 Å². The Hall–Kier alpha value is -1.92. The van der Waals surface area contributed by atoms with Crippen LogP contribution in [0, 0.1) is 0 Å². The van der Waals surface area contributed by atoms with E-state index in [-0.39, 0.29) is 6.61 Å². The van der Waals surface area contributed by atoms with Crippen molar-refractivity contribution in [2.24, 2.45) is 0 Å². The summed E-state index contributed by atoms with van der Waals surface area (Å²) in [4.78, 5) is 6.57. The molecule has 1 aromatic carbocycles. The van der Waals surface area contributed by atoms with Gasteiger partial charge in [0, 0.05) is 31.4 Å². The second-order valence-corrected chi connectivity index (χ2v) is 5.42. The summed E-state index contributed by atoms with van der Waals surface area (Å²) in [7, 11) is 0. The van der Waals surface area contributed by atoms with Crippen molar-refractivity contribution in [3.63, 3.8) is 0 Å². The zero-order valence-corrected chi connectivity index (χ0v) is 12.5. The minimum atomic E-state index is 0.0829. The van der Waals surface area contributed by atoms with Crippen molar-refractivity contribution in [1.82, 2.24) is 10.1 Å². The van der Waals surface area contributed by atoms with E-state index in [0.29, 0.717) is 30.7 Å². The molecule has 0 spiro atoms. The number of nitrogens with zero attached hydrogens (tertiary/aromatic N) is 3. The molecular weight excluding hydrogens is 282 g/mol. The summed E-state index contributed by atoms with van der Waals surface area (Å²) in [6, 6.07) is 9.94. The molecule has 2 aromatic rings. The van der Waals surface area contributed by atoms with E-state index in [0.717, 1.165) is 31.7 Å². The Morgan fingerprint density at radius 1 is 1.18 bits per heavy atom. The molecule has 0 aliphatic carbocycles. The van der Waals surface area contributed by atoms with E-state index in [1.165, 1.54) is 0 Å². The smallest absolute Gasteiger partial charge is 0.229 e. The lowest BCUT2D eigenvalue weighted by molar-refractivity contribution is 0.0778. The van der Waals surface area contributed by atoms with Gasteiger partial charge in [0.2, 0.25) is 5.89 Å². The van der Waals surface area contributed by atoms with Crippen molar-refractivity contribution >= 4 is 5.69 Å². The van der Waals surface area contributed by atoms with Gasteiger partial charge in [-0.1, -0.05) is 23.4 Å². The molecule has 22 heavy (non-hydrogen) atoms. The minimum absolute atomic E-state index is 0.0829. The third kappa shape index (κ3) is 3.64. The van der Waals surface area contributed by atoms with Gasteiger partial charge in [0.05, 0.1) is 13.2 Å². The third-order valence-corrected chi connectivity index (χ3v) is 3.88. The van der Waals surface area contributed by atoms with Crippen molar-refractivity contribution in [1.29, 1.82) is 0 Å². The topological polar surface area (TPSA) is 71.6 Å². The predicted octanol–water partition coefficient (Wildman–Crippen LogP) is 1.96. The van der Waals surface area contributed by atoms with Crippen LogP contribution in [0.25, 0.3) is 0 Å². The first-order chi connectivity index (χ1) is 10.9. The van der Waals surface area contributed by atoms with Crippen LogP contribution in [0.15, 0.2) is 34.9 Å². The summed E-state index contributed by atoms with van der Waals surface area (Å²) in [5, 5.41) is 13.4. The molecule has 0 radical (unpaired) electrons. The van der Waals surface area contributed by atoms with Crippen LogP contribution in [-0.2, 0) is 11.3 Å². The highest BCUT2D eigenvalue weighted by atomic mass is 16.5. The first kappa shape index (κ1) is 15.0. The molecule has 0 atom stereocenters. The van der Waals surface area contributed by atoms with Crippen molar-refractivity contribution in [2.45, 2.75) is 25.3 Å². The lowest BCUT2D eigenvalue weighted by Crippen LogP contribution is -2.26. The third-order valence-electron chi connectivity index (χ3n) is 3.88. The number of hydrogen-bond acceptors (Lipinski definition) is 6. The van der Waals surface area contributed by atoms with Crippen molar-refractivity contribution < 1.29 is 14.4 Å². The Kier molecular flexibility index (Phi) is 5.03. The number of ether oxygens (including phenoxy) is 1. The number of benzene rings is 1. The Morgan fingerprint density at radius 2 is 1.95 bits per heavy atom. The van der Waals surface area contributed by atoms with E-state index >= 15 is 0 Å². The monoisotopic (exact) mass is 303 g/mol. The molecule has 1 saturated heterocycles. The van der Waals surface area contributed by atoms with Gasteiger partial charge in [-0.2, -0.15) is 4.98 Å². The van der Waals surface area contributed by atoms with E-state index in [9.17, 15) is 5.11 Å². The highest BCUT2D eigenvalue weighted by molar-refractivity contribution is 5.45. The Morgan fingerprint density at radius 3 is 2.68 bits per heavy atom. The van der Waals surface area contributed by atoms with Gasteiger partial charge >= 0.3 is 0 Å². The van der Waals surface area contributed by atoms with Gasteiger partial charge in [0.25, 0.3) is 0 Å². The maximum absolute atomic E-state index is 9.27. The van der Waals surface area contributed by atoms with E-state index in [1.807, 2.05) is 35.2 Å². The number of hydrogen-bond donors (Lipinski definition) is 1. The highest BCUT2D eigenvalue weighted by Crippen LogP contribution is 2.25. The molecule has 3 rings (SSSR count). The van der Waals surface area contributed by atoms with E-state index in [2.05, 4.69) is 10.1 Å². The average Bonchev–Trinajstić information content (AvgIpc) is 3.05. The molecule has 1 fully saturated rings. The van der Waals surface area contributed by atoms with Crippen LogP contribution in [0.4, 0.5) is 5.69 Å². The molecule has 0 bridgehead atoms. The number of aliphatic hydroxyl groups excluding tert-OH is 1. The Balaban J connectivity index is 1.69. The average molecular weight is 303 g/mol. The molecule has 0 unspecified atom stereocenters. The Bertz CT molecular complexity index is 567. The van der Waals surface area contributed by atoms with Gasteiger partial charge in [-0.05, 0) is 25.0 Å². The lowest BCUT2D eigenvalue weighted by atomic mass is 10.0. The number of para-hydroxylation sites is 1. The van der Waals surface area contributed by atoms with E-state index in [1.54, 1.807) is 0 Å². The van der Waals surface area contributed by atoms with Crippen molar-refractivity contribution in [3.05, 3.63) is 42.0 Å². The molecular formula is C16H21N3O3. The van der Waals surface area contributed by atoms with Crippen LogP contribution >= 0.6 is 0 Å². The highest BCUT2D eigenvalue weighted by Gasteiger charge is 2.22. The van der Waals surface area contributed by atoms with Gasteiger partial charge in [0.15, 0.2) is 5.82 Å². The zero-order chi connectivity index (χ0) is 15.2.